The molecule has 3 atom stereocenters. The summed E-state index contributed by atoms with van der Waals surface area (Å²) in [6.07, 6.45) is 5.13. The molecule has 0 saturated heterocycles. The van der Waals surface area contributed by atoms with Crippen molar-refractivity contribution >= 4 is 11.7 Å². The molecular formula is C16H19NO2. The summed E-state index contributed by atoms with van der Waals surface area (Å²) in [6.45, 7) is 4.29. The van der Waals surface area contributed by atoms with Crippen molar-refractivity contribution in [3.05, 3.63) is 41.5 Å². The Hall–Kier alpha value is -1.77. The first-order valence-corrected chi connectivity index (χ1v) is 6.88. The Morgan fingerprint density at radius 3 is 2.89 bits per heavy atom. The smallest absolute Gasteiger partial charge is 0.326 e. The Labute approximate surface area is 113 Å². The van der Waals surface area contributed by atoms with Crippen LogP contribution in [0.2, 0.25) is 0 Å². The topological polar surface area (TPSA) is 49.3 Å². The largest absolute Gasteiger partial charge is 0.480 e. The molecule has 2 N–H and O–H groups in total. The molecule has 0 bridgehead atoms. The van der Waals surface area contributed by atoms with E-state index in [0.717, 1.165) is 12.1 Å². The van der Waals surface area contributed by atoms with Crippen LogP contribution >= 0.6 is 0 Å². The number of anilines is 1. The second-order valence-corrected chi connectivity index (χ2v) is 5.78. The standard InChI is InChI=1S/C16H19NO2/c1-9(2)10-5-3-7-12-11-6-4-8-13(11)15(16(18)19)17-14(10)12/h3-7,9,11,13,15,17H,8H2,1-2H3,(H,18,19). The van der Waals surface area contributed by atoms with Crippen LogP contribution in [0.5, 0.6) is 0 Å². The molecule has 3 unspecified atom stereocenters. The molecule has 19 heavy (non-hydrogen) atoms. The normalized spacial score (nSPS) is 27.8. The molecule has 3 nitrogen and oxygen atoms in total. The molecule has 1 aliphatic heterocycles. The molecule has 1 heterocycles. The number of carboxylic acid groups (broad SMARTS) is 1. The molecule has 0 radical (unpaired) electrons. The van der Waals surface area contributed by atoms with Crippen LogP contribution in [0.25, 0.3) is 0 Å². The first-order chi connectivity index (χ1) is 9.09. The van der Waals surface area contributed by atoms with Crippen LogP contribution < -0.4 is 5.32 Å². The van der Waals surface area contributed by atoms with Gasteiger partial charge in [-0.25, -0.2) is 4.79 Å². The van der Waals surface area contributed by atoms with Gasteiger partial charge in [0.15, 0.2) is 0 Å². The Kier molecular flexibility index (Phi) is 2.85. The number of aliphatic carboxylic acids is 1. The van der Waals surface area contributed by atoms with E-state index in [9.17, 15) is 9.90 Å². The number of benzene rings is 1. The van der Waals surface area contributed by atoms with E-state index in [1.54, 1.807) is 0 Å². The van der Waals surface area contributed by atoms with Crippen molar-refractivity contribution in [2.75, 3.05) is 5.32 Å². The van der Waals surface area contributed by atoms with E-state index in [2.05, 4.69) is 49.5 Å². The highest BCUT2D eigenvalue weighted by atomic mass is 16.4. The summed E-state index contributed by atoms with van der Waals surface area (Å²) in [5.74, 6) is 0.0326. The third kappa shape index (κ3) is 1.84. The maximum absolute atomic E-state index is 11.5. The van der Waals surface area contributed by atoms with Gasteiger partial charge in [-0.2, -0.15) is 0 Å². The zero-order chi connectivity index (χ0) is 13.6. The molecule has 3 heteroatoms. The van der Waals surface area contributed by atoms with E-state index < -0.39 is 12.0 Å². The molecule has 2 aliphatic rings. The van der Waals surface area contributed by atoms with Crippen molar-refractivity contribution in [1.82, 2.24) is 0 Å². The van der Waals surface area contributed by atoms with Crippen LogP contribution in [0.1, 0.15) is 43.2 Å². The van der Waals surface area contributed by atoms with Gasteiger partial charge in [0.2, 0.25) is 0 Å². The highest BCUT2D eigenvalue weighted by Gasteiger charge is 2.41. The third-order valence-corrected chi connectivity index (χ3v) is 4.32. The number of carbonyl (C=O) groups is 1. The van der Waals surface area contributed by atoms with E-state index >= 15 is 0 Å². The second kappa shape index (κ2) is 4.41. The lowest BCUT2D eigenvalue weighted by molar-refractivity contribution is -0.139. The Bertz CT molecular complexity index is 548. The first-order valence-electron chi connectivity index (χ1n) is 6.88. The monoisotopic (exact) mass is 257 g/mol. The second-order valence-electron chi connectivity index (χ2n) is 5.78. The zero-order valence-electron chi connectivity index (χ0n) is 11.3. The average Bonchev–Trinajstić information content (AvgIpc) is 2.85. The van der Waals surface area contributed by atoms with E-state index in [1.807, 2.05) is 0 Å². The number of rotatable bonds is 2. The van der Waals surface area contributed by atoms with Crippen molar-refractivity contribution in [3.8, 4) is 0 Å². The highest BCUT2D eigenvalue weighted by molar-refractivity contribution is 5.81. The van der Waals surface area contributed by atoms with Gasteiger partial charge in [-0.05, 0) is 23.5 Å². The van der Waals surface area contributed by atoms with Crippen LogP contribution in [-0.4, -0.2) is 17.1 Å². The van der Waals surface area contributed by atoms with Gasteiger partial charge in [0.1, 0.15) is 6.04 Å². The maximum atomic E-state index is 11.5. The minimum absolute atomic E-state index is 0.146. The number of para-hydroxylation sites is 1. The molecular weight excluding hydrogens is 238 g/mol. The lowest BCUT2D eigenvalue weighted by Gasteiger charge is -2.36. The lowest BCUT2D eigenvalue weighted by atomic mass is 9.77. The summed E-state index contributed by atoms with van der Waals surface area (Å²) >= 11 is 0. The van der Waals surface area contributed by atoms with Crippen molar-refractivity contribution in [2.24, 2.45) is 5.92 Å². The average molecular weight is 257 g/mol. The molecule has 0 amide bonds. The third-order valence-electron chi connectivity index (χ3n) is 4.32. The number of hydrogen-bond acceptors (Lipinski definition) is 2. The summed E-state index contributed by atoms with van der Waals surface area (Å²) in [6, 6.07) is 5.82. The predicted octanol–water partition coefficient (Wildman–Crippen LogP) is 3.35. The van der Waals surface area contributed by atoms with Gasteiger partial charge in [-0.1, -0.05) is 44.2 Å². The molecule has 0 fully saturated rings. The van der Waals surface area contributed by atoms with E-state index in [1.165, 1.54) is 11.1 Å². The fourth-order valence-corrected chi connectivity index (χ4v) is 3.37. The Balaban J connectivity index is 2.12. The molecule has 3 rings (SSSR count). The molecule has 0 saturated carbocycles. The van der Waals surface area contributed by atoms with Crippen LogP contribution in [0.3, 0.4) is 0 Å². The molecule has 1 aromatic carbocycles. The lowest BCUT2D eigenvalue weighted by Crippen LogP contribution is -2.42. The van der Waals surface area contributed by atoms with Crippen LogP contribution in [-0.2, 0) is 4.79 Å². The maximum Gasteiger partial charge on any atom is 0.326 e. The summed E-state index contributed by atoms with van der Waals surface area (Å²) < 4.78 is 0. The molecule has 1 aliphatic carbocycles. The highest BCUT2D eigenvalue weighted by Crippen LogP contribution is 2.46. The number of nitrogens with one attached hydrogen (secondary N) is 1. The van der Waals surface area contributed by atoms with E-state index in [-0.39, 0.29) is 11.8 Å². The summed E-state index contributed by atoms with van der Waals surface area (Å²) in [5, 5.41) is 12.7. The van der Waals surface area contributed by atoms with Gasteiger partial charge < -0.3 is 10.4 Å². The van der Waals surface area contributed by atoms with Crippen molar-refractivity contribution in [1.29, 1.82) is 0 Å². The fourth-order valence-electron chi connectivity index (χ4n) is 3.37. The van der Waals surface area contributed by atoms with Crippen LogP contribution in [0.4, 0.5) is 5.69 Å². The van der Waals surface area contributed by atoms with Gasteiger partial charge >= 0.3 is 5.97 Å². The Morgan fingerprint density at radius 1 is 1.42 bits per heavy atom. The van der Waals surface area contributed by atoms with Crippen LogP contribution in [0.15, 0.2) is 30.4 Å². The molecule has 1 aromatic rings. The molecule has 0 spiro atoms. The number of carboxylic acids is 1. The Morgan fingerprint density at radius 2 is 2.21 bits per heavy atom. The van der Waals surface area contributed by atoms with E-state index in [0.29, 0.717) is 5.92 Å². The van der Waals surface area contributed by atoms with Crippen LogP contribution in [0, 0.1) is 5.92 Å². The van der Waals surface area contributed by atoms with Gasteiger partial charge in [-0.3, -0.25) is 0 Å². The van der Waals surface area contributed by atoms with Crippen molar-refractivity contribution in [3.63, 3.8) is 0 Å². The SMILES string of the molecule is CC(C)c1cccc2c1NC(C(=O)O)C1CC=CC21. The number of hydrogen-bond donors (Lipinski definition) is 2. The van der Waals surface area contributed by atoms with Gasteiger partial charge in [0.25, 0.3) is 0 Å². The van der Waals surface area contributed by atoms with Crippen molar-refractivity contribution < 1.29 is 9.90 Å². The van der Waals surface area contributed by atoms with Gasteiger partial charge in [-0.15, -0.1) is 0 Å². The summed E-state index contributed by atoms with van der Waals surface area (Å²) in [7, 11) is 0. The summed E-state index contributed by atoms with van der Waals surface area (Å²) in [4.78, 5) is 11.5. The quantitative estimate of drug-likeness (QED) is 0.799. The van der Waals surface area contributed by atoms with E-state index in [4.69, 9.17) is 0 Å². The first kappa shape index (κ1) is 12.3. The number of fused-ring (bicyclic) bond motifs is 3. The predicted molar refractivity (Wildman–Crippen MR) is 75.6 cm³/mol. The minimum Gasteiger partial charge on any atom is -0.480 e. The van der Waals surface area contributed by atoms with Gasteiger partial charge in [0.05, 0.1) is 0 Å². The number of allylic oxidation sites excluding steroid dienone is 2. The molecule has 100 valence electrons. The molecule has 0 aromatic heterocycles. The fraction of sp³-hybridized carbons (Fsp3) is 0.438. The zero-order valence-corrected chi connectivity index (χ0v) is 11.3. The minimum atomic E-state index is -0.747. The summed E-state index contributed by atoms with van der Waals surface area (Å²) in [5.41, 5.74) is 3.50. The van der Waals surface area contributed by atoms with Gasteiger partial charge in [0, 0.05) is 17.5 Å². The van der Waals surface area contributed by atoms with Crippen molar-refractivity contribution in [2.45, 2.75) is 38.1 Å².